The number of anilines is 2. The van der Waals surface area contributed by atoms with E-state index >= 15 is 0 Å². The van der Waals surface area contributed by atoms with E-state index in [4.69, 9.17) is 43.8 Å². The van der Waals surface area contributed by atoms with Gasteiger partial charge in [-0.2, -0.15) is 9.97 Å². The summed E-state index contributed by atoms with van der Waals surface area (Å²) in [6, 6.07) is 0. The summed E-state index contributed by atoms with van der Waals surface area (Å²) in [7, 11) is -10.4. The number of imidazole rings is 2. The minimum Gasteiger partial charge on any atom is -0.756 e. The van der Waals surface area contributed by atoms with Gasteiger partial charge in [0.2, 0.25) is 11.9 Å². The molecular formula is C22H27N10O14P2-. The number of rotatable bonds is 4. The number of fused-ring (bicyclic) bond motifs is 4. The van der Waals surface area contributed by atoms with Crippen molar-refractivity contribution in [3.8, 4) is 0 Å². The summed E-state index contributed by atoms with van der Waals surface area (Å²) >= 11 is 0. The van der Waals surface area contributed by atoms with E-state index in [0.29, 0.717) is 0 Å². The number of H-pyrrole nitrogens is 2. The molecule has 4 aromatic heterocycles. The summed E-state index contributed by atoms with van der Waals surface area (Å²) < 4.78 is 67.4. The van der Waals surface area contributed by atoms with Gasteiger partial charge in [-0.05, 0) is 6.92 Å². The molecule has 2 unspecified atom stereocenters. The Kier molecular flexibility index (Phi) is 8.25. The van der Waals surface area contributed by atoms with Gasteiger partial charge in [0.25, 0.3) is 18.9 Å². The molecule has 24 nitrogen and oxygen atoms in total. The van der Waals surface area contributed by atoms with Gasteiger partial charge in [0.15, 0.2) is 34.8 Å². The molecule has 26 heteroatoms. The fourth-order valence-electron chi connectivity index (χ4n) is 5.73. The molecule has 0 aromatic carbocycles. The van der Waals surface area contributed by atoms with Crippen LogP contribution in [0.2, 0.25) is 0 Å². The number of aliphatic hydroxyl groups is 1. The Morgan fingerprint density at radius 3 is 2.08 bits per heavy atom. The van der Waals surface area contributed by atoms with Crippen molar-refractivity contribution in [2.75, 3.05) is 31.3 Å². The lowest BCUT2D eigenvalue weighted by Gasteiger charge is -2.33. The fourth-order valence-corrected chi connectivity index (χ4v) is 7.64. The molecule has 0 saturated carbocycles. The van der Waals surface area contributed by atoms with Crippen LogP contribution in [0.4, 0.5) is 11.9 Å². The number of hydrogen-bond donors (Lipinski definition) is 6. The first-order chi connectivity index (χ1) is 22.7. The lowest BCUT2D eigenvalue weighted by atomic mass is 10.1. The summed E-state index contributed by atoms with van der Waals surface area (Å²) in [5.41, 5.74) is 9.57. The molecule has 48 heavy (non-hydrogen) atoms. The monoisotopic (exact) mass is 717 g/mol. The number of ether oxygens (including phenoxy) is 3. The van der Waals surface area contributed by atoms with E-state index in [1.165, 1.54) is 10.9 Å². The number of hydrogen-bond acceptors (Lipinski definition) is 19. The van der Waals surface area contributed by atoms with Gasteiger partial charge in [0.05, 0.1) is 25.9 Å². The molecule has 8 N–H and O–H groups in total. The van der Waals surface area contributed by atoms with Crippen LogP contribution in [0.3, 0.4) is 0 Å². The molecule has 3 aliphatic heterocycles. The van der Waals surface area contributed by atoms with Crippen LogP contribution >= 0.6 is 15.6 Å². The smallest absolute Gasteiger partial charge is 0.472 e. The van der Waals surface area contributed by atoms with E-state index in [0.717, 1.165) is 10.9 Å². The topological polar surface area (TPSA) is 341 Å². The zero-order valence-corrected chi connectivity index (χ0v) is 26.2. The average molecular weight is 717 g/mol. The van der Waals surface area contributed by atoms with Crippen molar-refractivity contribution in [2.24, 2.45) is 0 Å². The second-order valence-corrected chi connectivity index (χ2v) is 13.5. The molecule has 10 atom stereocenters. The van der Waals surface area contributed by atoms with Crippen LogP contribution in [0.5, 0.6) is 0 Å². The van der Waals surface area contributed by atoms with Gasteiger partial charge in [-0.3, -0.25) is 42.3 Å². The van der Waals surface area contributed by atoms with Gasteiger partial charge in [-0.15, -0.1) is 0 Å². The average Bonchev–Trinajstić information content (AvgIpc) is 3.76. The lowest BCUT2D eigenvalue weighted by molar-refractivity contribution is -0.237. The molecule has 260 valence electrons. The maximum Gasteiger partial charge on any atom is 0.472 e. The Labute approximate surface area is 266 Å². The predicted octanol–water partition coefficient (Wildman–Crippen LogP) is -2.64. The van der Waals surface area contributed by atoms with Gasteiger partial charge < -0.3 is 49.6 Å². The Balaban J connectivity index is 1.20. The molecule has 3 saturated heterocycles. The minimum atomic E-state index is -5.29. The van der Waals surface area contributed by atoms with Crippen molar-refractivity contribution < 1.29 is 56.3 Å². The fraction of sp³-hybridized carbons (Fsp3) is 0.545. The van der Waals surface area contributed by atoms with Gasteiger partial charge in [0, 0.05) is 6.61 Å². The highest BCUT2D eigenvalue weighted by atomic mass is 31.2. The van der Waals surface area contributed by atoms with Gasteiger partial charge in [-0.25, -0.2) is 14.5 Å². The van der Waals surface area contributed by atoms with Crippen molar-refractivity contribution in [1.82, 2.24) is 39.0 Å². The zero-order chi connectivity index (χ0) is 34.1. The number of aromatic amines is 2. The first-order valence-electron chi connectivity index (χ1n) is 14.1. The third-order valence-corrected chi connectivity index (χ3v) is 9.66. The molecule has 3 aliphatic rings. The van der Waals surface area contributed by atoms with Crippen LogP contribution in [-0.4, -0.2) is 105 Å². The van der Waals surface area contributed by atoms with Gasteiger partial charge in [0.1, 0.15) is 36.6 Å². The molecule has 0 spiro atoms. The number of nitrogen functional groups attached to an aromatic ring is 2. The van der Waals surface area contributed by atoms with Crippen LogP contribution in [-0.2, 0) is 41.4 Å². The number of nitrogens with two attached hydrogens (primary N) is 2. The molecule has 7 heterocycles. The maximum absolute atomic E-state index is 13.2. The molecule has 0 radical (unpaired) electrons. The highest BCUT2D eigenvalue weighted by Crippen LogP contribution is 2.52. The van der Waals surface area contributed by atoms with E-state index in [2.05, 4.69) is 29.9 Å². The van der Waals surface area contributed by atoms with Crippen LogP contribution in [0.25, 0.3) is 22.3 Å². The summed E-state index contributed by atoms with van der Waals surface area (Å²) in [4.78, 5) is 69.2. The van der Waals surface area contributed by atoms with Crippen molar-refractivity contribution in [1.29, 1.82) is 0 Å². The van der Waals surface area contributed by atoms with E-state index in [1.54, 1.807) is 6.92 Å². The number of nitrogens with zero attached hydrogens (tertiary/aromatic N) is 6. The third kappa shape index (κ3) is 5.84. The second kappa shape index (κ2) is 12.0. The minimum absolute atomic E-state index is 0.0124. The Bertz CT molecular complexity index is 2090. The van der Waals surface area contributed by atoms with Crippen LogP contribution in [0.15, 0.2) is 22.2 Å². The molecule has 4 aromatic rings. The van der Waals surface area contributed by atoms with E-state index in [9.17, 15) is 33.6 Å². The normalized spacial score (nSPS) is 36.1. The largest absolute Gasteiger partial charge is 0.756 e. The number of aromatic nitrogens is 8. The summed E-state index contributed by atoms with van der Waals surface area (Å²) in [6.07, 6.45) is -9.79. The van der Waals surface area contributed by atoms with Crippen LogP contribution in [0, 0.1) is 0 Å². The maximum atomic E-state index is 13.2. The van der Waals surface area contributed by atoms with Crippen molar-refractivity contribution in [2.45, 2.75) is 56.0 Å². The molecule has 7 rings (SSSR count). The molecule has 3 fully saturated rings. The molecule has 0 bridgehead atoms. The van der Waals surface area contributed by atoms with E-state index in [1.807, 2.05) is 0 Å². The predicted molar refractivity (Wildman–Crippen MR) is 153 cm³/mol. The van der Waals surface area contributed by atoms with Crippen molar-refractivity contribution in [3.63, 3.8) is 0 Å². The van der Waals surface area contributed by atoms with Gasteiger partial charge in [-0.1, -0.05) is 0 Å². The summed E-state index contributed by atoms with van der Waals surface area (Å²) in [5.74, 6) is -0.518. The standard InChI is InChI=1S/C22H28N10O14P2/c1-2-40-14-13-8(44-20(14)32-6-26-10-16(32)28-22(24)30-18(10)35)4-42-47(36,37)45-12-7(3-41-48(38,39)46-13)43-19(11(12)33)31-5-25-9-15(31)27-21(23)29-17(9)34/h5-8,11-14,19-20,33H,2-4H2,1H3,(H,36,37)(H,38,39)(H3,23,27,29,34)(H3,24,28,30,35)/p-1/t7-,8-,11-,12-,13-,14-,19-,20-/m1/s1. The summed E-state index contributed by atoms with van der Waals surface area (Å²) in [5, 5.41) is 11.2. The first kappa shape index (κ1) is 32.9. The number of nitrogens with one attached hydrogen (secondary N) is 2. The van der Waals surface area contributed by atoms with Crippen molar-refractivity contribution >= 4 is 49.9 Å². The number of aliphatic hydroxyl groups excluding tert-OH is 1. The van der Waals surface area contributed by atoms with E-state index < -0.39 is 89.1 Å². The lowest BCUT2D eigenvalue weighted by Crippen LogP contribution is -2.41. The van der Waals surface area contributed by atoms with Crippen LogP contribution < -0.4 is 27.5 Å². The Morgan fingerprint density at radius 2 is 1.48 bits per heavy atom. The zero-order valence-electron chi connectivity index (χ0n) is 24.4. The van der Waals surface area contributed by atoms with Gasteiger partial charge >= 0.3 is 7.82 Å². The SMILES string of the molecule is CCO[C@@H]1[C@@H]2OP(=O)([O-])OC[C@H]3O[C@@H](n4cnc5c(=O)[nH]c(N)nc54)[C@H](O)[C@@H]3OP(=O)(O)OC[C@H]2O[C@H]1n1cnc2c(=O)[nH]c(N)nc21. The highest BCUT2D eigenvalue weighted by molar-refractivity contribution is 7.47. The third-order valence-electron chi connectivity index (χ3n) is 7.71. The first-order valence-corrected chi connectivity index (χ1v) is 17.1. The molecule has 0 amide bonds. The second-order valence-electron chi connectivity index (χ2n) is 10.7. The highest BCUT2D eigenvalue weighted by Gasteiger charge is 2.53. The van der Waals surface area contributed by atoms with E-state index in [-0.39, 0.29) is 40.8 Å². The molecular weight excluding hydrogens is 690 g/mol. The number of phosphoric acid groups is 2. The summed E-state index contributed by atoms with van der Waals surface area (Å²) in [6.45, 7) is -0.0777. The van der Waals surface area contributed by atoms with Crippen LogP contribution in [0.1, 0.15) is 19.4 Å². The van der Waals surface area contributed by atoms with Crippen molar-refractivity contribution in [3.05, 3.63) is 33.4 Å². The quantitative estimate of drug-likeness (QED) is 0.117. The Hall–Kier alpha value is -3.64. The number of phosphoric ester groups is 2. The Morgan fingerprint density at radius 1 is 0.938 bits per heavy atom. The molecule has 0 aliphatic carbocycles.